The molecule has 3 aromatic rings. The number of hydrogen-bond acceptors (Lipinski definition) is 3. The third-order valence-corrected chi connectivity index (χ3v) is 4.41. The summed E-state index contributed by atoms with van der Waals surface area (Å²) in [5, 5.41) is 5.50. The fourth-order valence-corrected chi connectivity index (χ4v) is 2.69. The first-order valence-corrected chi connectivity index (χ1v) is 9.03. The van der Waals surface area contributed by atoms with Gasteiger partial charge in [0.15, 0.2) is 0 Å². The van der Waals surface area contributed by atoms with E-state index in [0.717, 1.165) is 17.7 Å². The number of aromatic nitrogens is 1. The molecule has 0 aliphatic heterocycles. The molecule has 0 saturated heterocycles. The number of nitrogens with one attached hydrogen (secondary N) is 2. The van der Waals surface area contributed by atoms with Crippen LogP contribution in [-0.2, 0) is 6.18 Å². The average molecular weight is 434 g/mol. The maximum Gasteiger partial charge on any atom is 0.416 e. The van der Waals surface area contributed by atoms with Crippen molar-refractivity contribution in [3.63, 3.8) is 0 Å². The van der Waals surface area contributed by atoms with Crippen LogP contribution in [0.15, 0.2) is 60.8 Å². The van der Waals surface area contributed by atoms with Crippen LogP contribution in [0.5, 0.6) is 0 Å². The monoisotopic (exact) mass is 433 g/mol. The molecule has 154 valence electrons. The number of hydrogen-bond donors (Lipinski definition) is 2. The summed E-state index contributed by atoms with van der Waals surface area (Å²) in [5.41, 5.74) is 0.704. The first-order chi connectivity index (χ1) is 14.1. The molecule has 0 atom stereocenters. The molecule has 0 aliphatic rings. The van der Waals surface area contributed by atoms with Crippen LogP contribution in [0.3, 0.4) is 0 Å². The Balaban J connectivity index is 1.77. The number of anilines is 2. The molecule has 9 heteroatoms. The molecule has 2 aromatic carbocycles. The minimum absolute atomic E-state index is 0.136. The Labute approximate surface area is 174 Å². The molecular weight excluding hydrogens is 419 g/mol. The highest BCUT2D eigenvalue weighted by molar-refractivity contribution is 6.29. The van der Waals surface area contributed by atoms with Crippen molar-refractivity contribution in [3.05, 3.63) is 88.2 Å². The molecule has 0 spiro atoms. The van der Waals surface area contributed by atoms with Crippen LogP contribution < -0.4 is 10.6 Å². The molecule has 0 radical (unpaired) electrons. The Hall–Kier alpha value is -3.39. The van der Waals surface area contributed by atoms with Gasteiger partial charge in [0.05, 0.1) is 11.1 Å². The van der Waals surface area contributed by atoms with Gasteiger partial charge in [0.25, 0.3) is 11.8 Å². The topological polar surface area (TPSA) is 71.1 Å². The van der Waals surface area contributed by atoms with Gasteiger partial charge in [0.1, 0.15) is 5.15 Å². The van der Waals surface area contributed by atoms with Crippen molar-refractivity contribution in [2.45, 2.75) is 13.1 Å². The summed E-state index contributed by atoms with van der Waals surface area (Å²) < 4.78 is 38.6. The minimum atomic E-state index is -4.55. The summed E-state index contributed by atoms with van der Waals surface area (Å²) in [6.45, 7) is 1.76. The van der Waals surface area contributed by atoms with E-state index < -0.39 is 23.6 Å². The van der Waals surface area contributed by atoms with Gasteiger partial charge in [-0.25, -0.2) is 4.98 Å². The van der Waals surface area contributed by atoms with E-state index in [1.165, 1.54) is 36.5 Å². The van der Waals surface area contributed by atoms with E-state index in [-0.39, 0.29) is 16.3 Å². The Morgan fingerprint density at radius 2 is 1.67 bits per heavy atom. The number of benzene rings is 2. The number of alkyl halides is 3. The molecule has 1 aromatic heterocycles. The largest absolute Gasteiger partial charge is 0.416 e. The summed E-state index contributed by atoms with van der Waals surface area (Å²) in [6, 6.07) is 11.9. The van der Waals surface area contributed by atoms with Crippen LogP contribution in [-0.4, -0.2) is 16.8 Å². The van der Waals surface area contributed by atoms with Crippen LogP contribution in [0.25, 0.3) is 0 Å². The second kappa shape index (κ2) is 8.54. The summed E-state index contributed by atoms with van der Waals surface area (Å²) >= 11 is 5.71. The number of carbonyl (C=O) groups excluding carboxylic acids is 2. The summed E-state index contributed by atoms with van der Waals surface area (Å²) in [5.74, 6) is -1.13. The Morgan fingerprint density at radius 1 is 0.933 bits per heavy atom. The number of halogens is 4. The van der Waals surface area contributed by atoms with E-state index in [0.29, 0.717) is 11.4 Å². The number of nitrogens with zero attached hydrogens (tertiary/aromatic N) is 1. The van der Waals surface area contributed by atoms with E-state index in [1.54, 1.807) is 19.1 Å². The zero-order valence-corrected chi connectivity index (χ0v) is 16.3. The first-order valence-electron chi connectivity index (χ1n) is 8.65. The second-order valence-corrected chi connectivity index (χ2v) is 6.77. The number of pyridine rings is 1. The van der Waals surface area contributed by atoms with Crippen molar-refractivity contribution in [2.24, 2.45) is 0 Å². The molecule has 0 aliphatic carbocycles. The lowest BCUT2D eigenvalue weighted by Gasteiger charge is -2.12. The highest BCUT2D eigenvalue weighted by Crippen LogP contribution is 2.30. The predicted molar refractivity (Wildman–Crippen MR) is 108 cm³/mol. The van der Waals surface area contributed by atoms with Crippen molar-refractivity contribution >= 4 is 34.8 Å². The number of carbonyl (C=O) groups is 2. The van der Waals surface area contributed by atoms with Crippen LogP contribution in [0.1, 0.15) is 31.8 Å². The molecule has 0 unspecified atom stereocenters. The number of aryl methyl sites for hydroxylation is 1. The van der Waals surface area contributed by atoms with E-state index in [1.807, 2.05) is 0 Å². The SMILES string of the molecule is Cc1ccc(NC(=O)c2cccc(C(F)(F)F)c2)cc1NC(=O)c1ccc(Cl)nc1. The molecule has 3 rings (SSSR count). The maximum atomic E-state index is 12.9. The number of rotatable bonds is 4. The lowest BCUT2D eigenvalue weighted by Crippen LogP contribution is -2.15. The molecule has 0 fully saturated rings. The van der Waals surface area contributed by atoms with Crippen LogP contribution in [0.4, 0.5) is 24.5 Å². The fraction of sp³-hybridized carbons (Fsp3) is 0.0952. The zero-order chi connectivity index (χ0) is 21.9. The Bertz CT molecular complexity index is 1100. The first kappa shape index (κ1) is 21.3. The van der Waals surface area contributed by atoms with Gasteiger partial charge in [0, 0.05) is 23.1 Å². The average Bonchev–Trinajstić information content (AvgIpc) is 2.70. The quantitative estimate of drug-likeness (QED) is 0.529. The predicted octanol–water partition coefficient (Wildman–Crippen LogP) is 5.57. The van der Waals surface area contributed by atoms with Crippen molar-refractivity contribution in [2.75, 3.05) is 10.6 Å². The standard InChI is InChI=1S/C21H15ClF3N3O2/c1-12-5-7-16(10-17(12)28-20(30)14-6-8-18(22)26-11-14)27-19(29)13-3-2-4-15(9-13)21(23,24)25/h2-11H,1H3,(H,27,29)(H,28,30). The Morgan fingerprint density at radius 3 is 2.33 bits per heavy atom. The minimum Gasteiger partial charge on any atom is -0.322 e. The van der Waals surface area contributed by atoms with Crippen molar-refractivity contribution in [3.8, 4) is 0 Å². The summed E-state index contributed by atoms with van der Waals surface area (Å²) in [7, 11) is 0. The van der Waals surface area contributed by atoms with Crippen molar-refractivity contribution in [1.82, 2.24) is 4.98 Å². The van der Waals surface area contributed by atoms with E-state index in [2.05, 4.69) is 15.6 Å². The zero-order valence-electron chi connectivity index (χ0n) is 15.5. The lowest BCUT2D eigenvalue weighted by atomic mass is 10.1. The number of amides is 2. The fourth-order valence-electron chi connectivity index (χ4n) is 2.58. The summed E-state index contributed by atoms with van der Waals surface area (Å²) in [4.78, 5) is 28.6. The maximum absolute atomic E-state index is 12.9. The molecule has 1 heterocycles. The summed E-state index contributed by atoms with van der Waals surface area (Å²) in [6.07, 6.45) is -3.22. The molecule has 0 saturated carbocycles. The second-order valence-electron chi connectivity index (χ2n) is 6.39. The van der Waals surface area contributed by atoms with E-state index in [4.69, 9.17) is 11.6 Å². The third kappa shape index (κ3) is 5.15. The highest BCUT2D eigenvalue weighted by Gasteiger charge is 2.30. The lowest BCUT2D eigenvalue weighted by molar-refractivity contribution is -0.137. The Kier molecular flexibility index (Phi) is 6.07. The third-order valence-electron chi connectivity index (χ3n) is 4.19. The van der Waals surface area contributed by atoms with Crippen LogP contribution >= 0.6 is 11.6 Å². The van der Waals surface area contributed by atoms with E-state index in [9.17, 15) is 22.8 Å². The van der Waals surface area contributed by atoms with Gasteiger partial charge in [0.2, 0.25) is 0 Å². The smallest absolute Gasteiger partial charge is 0.322 e. The van der Waals surface area contributed by atoms with E-state index >= 15 is 0 Å². The highest BCUT2D eigenvalue weighted by atomic mass is 35.5. The molecule has 30 heavy (non-hydrogen) atoms. The van der Waals surface area contributed by atoms with Gasteiger partial charge in [-0.2, -0.15) is 13.2 Å². The van der Waals surface area contributed by atoms with Crippen molar-refractivity contribution < 1.29 is 22.8 Å². The molecular formula is C21H15ClF3N3O2. The normalized spacial score (nSPS) is 11.1. The van der Waals surface area contributed by atoms with Gasteiger partial charge >= 0.3 is 6.18 Å². The van der Waals surface area contributed by atoms with Crippen LogP contribution in [0.2, 0.25) is 5.15 Å². The van der Waals surface area contributed by atoms with Gasteiger partial charge in [-0.3, -0.25) is 9.59 Å². The molecule has 2 amide bonds. The van der Waals surface area contributed by atoms with Gasteiger partial charge in [-0.1, -0.05) is 23.7 Å². The molecule has 2 N–H and O–H groups in total. The van der Waals surface area contributed by atoms with Gasteiger partial charge in [-0.05, 0) is 55.0 Å². The van der Waals surface area contributed by atoms with Crippen LogP contribution in [0, 0.1) is 6.92 Å². The van der Waals surface area contributed by atoms with Gasteiger partial charge in [-0.15, -0.1) is 0 Å². The van der Waals surface area contributed by atoms with Gasteiger partial charge < -0.3 is 10.6 Å². The molecule has 0 bridgehead atoms. The molecule has 5 nitrogen and oxygen atoms in total. The van der Waals surface area contributed by atoms with Crippen molar-refractivity contribution in [1.29, 1.82) is 0 Å².